The van der Waals surface area contributed by atoms with Gasteiger partial charge in [0.2, 0.25) is 11.8 Å². The van der Waals surface area contributed by atoms with Crippen LogP contribution in [-0.4, -0.2) is 42.0 Å². The number of nitrogens with one attached hydrogen (secondary N) is 1. The molecule has 0 atom stereocenters. The number of nitrogens with zero attached hydrogens (tertiary/aromatic N) is 2. The van der Waals surface area contributed by atoms with Crippen LogP contribution in [0.2, 0.25) is 0 Å². The Morgan fingerprint density at radius 3 is 2.40 bits per heavy atom. The number of piperidine rings is 1. The SMILES string of the molecule is O=C(C1CCCC1)N1CCC2(CC1)C(=O)NCN2c1ccc(F)cc1. The van der Waals surface area contributed by atoms with Gasteiger partial charge in [-0.2, -0.15) is 0 Å². The van der Waals surface area contributed by atoms with Crippen molar-refractivity contribution in [1.82, 2.24) is 10.2 Å². The number of hydrogen-bond acceptors (Lipinski definition) is 3. The number of halogens is 1. The minimum Gasteiger partial charge on any atom is -0.342 e. The van der Waals surface area contributed by atoms with Crippen LogP contribution >= 0.6 is 0 Å². The van der Waals surface area contributed by atoms with Crippen molar-refractivity contribution in [2.24, 2.45) is 5.92 Å². The third-order valence-corrected chi connectivity index (χ3v) is 6.08. The zero-order valence-electron chi connectivity index (χ0n) is 14.3. The van der Waals surface area contributed by atoms with Crippen molar-refractivity contribution in [2.45, 2.75) is 44.1 Å². The van der Waals surface area contributed by atoms with E-state index in [4.69, 9.17) is 0 Å². The lowest BCUT2D eigenvalue weighted by Gasteiger charge is -2.43. The van der Waals surface area contributed by atoms with Gasteiger partial charge in [-0.25, -0.2) is 4.39 Å². The number of hydrogen-bond donors (Lipinski definition) is 1. The number of benzene rings is 1. The number of carbonyl (C=O) groups excluding carboxylic acids is 2. The summed E-state index contributed by atoms with van der Waals surface area (Å²) in [6.07, 6.45) is 5.54. The fraction of sp³-hybridized carbons (Fsp3) is 0.579. The van der Waals surface area contributed by atoms with E-state index in [1.165, 1.54) is 12.1 Å². The molecule has 3 aliphatic rings. The van der Waals surface area contributed by atoms with E-state index in [0.717, 1.165) is 31.4 Å². The van der Waals surface area contributed by atoms with Crippen LogP contribution in [0.3, 0.4) is 0 Å². The van der Waals surface area contributed by atoms with Gasteiger partial charge in [0, 0.05) is 24.7 Å². The molecule has 3 fully saturated rings. The van der Waals surface area contributed by atoms with E-state index in [-0.39, 0.29) is 23.5 Å². The van der Waals surface area contributed by atoms with Crippen LogP contribution in [0.1, 0.15) is 38.5 Å². The Hall–Kier alpha value is -2.11. The molecule has 4 rings (SSSR count). The van der Waals surface area contributed by atoms with Gasteiger partial charge in [0.15, 0.2) is 0 Å². The molecule has 5 nitrogen and oxygen atoms in total. The molecule has 0 radical (unpaired) electrons. The van der Waals surface area contributed by atoms with Crippen molar-refractivity contribution in [3.8, 4) is 0 Å². The Kier molecular flexibility index (Phi) is 4.13. The second-order valence-electron chi connectivity index (χ2n) is 7.41. The number of likely N-dealkylation sites (tertiary alicyclic amines) is 1. The highest BCUT2D eigenvalue weighted by Crippen LogP contribution is 2.37. The quantitative estimate of drug-likeness (QED) is 0.895. The van der Waals surface area contributed by atoms with Crippen molar-refractivity contribution in [3.05, 3.63) is 30.1 Å². The second kappa shape index (κ2) is 6.32. The Morgan fingerprint density at radius 2 is 1.76 bits per heavy atom. The predicted octanol–water partition coefficient (Wildman–Crippen LogP) is 2.27. The maximum atomic E-state index is 13.2. The summed E-state index contributed by atoms with van der Waals surface area (Å²) in [4.78, 5) is 29.2. The topological polar surface area (TPSA) is 52.7 Å². The molecule has 6 heteroatoms. The van der Waals surface area contributed by atoms with Crippen molar-refractivity contribution in [3.63, 3.8) is 0 Å². The Labute approximate surface area is 147 Å². The number of amides is 2. The van der Waals surface area contributed by atoms with Crippen LogP contribution < -0.4 is 10.2 Å². The van der Waals surface area contributed by atoms with Crippen LogP contribution in [0, 0.1) is 11.7 Å². The molecule has 0 aromatic heterocycles. The minimum atomic E-state index is -0.621. The maximum Gasteiger partial charge on any atom is 0.247 e. The summed E-state index contributed by atoms with van der Waals surface area (Å²) >= 11 is 0. The molecule has 2 heterocycles. The van der Waals surface area contributed by atoms with E-state index in [9.17, 15) is 14.0 Å². The van der Waals surface area contributed by atoms with Gasteiger partial charge in [-0.05, 0) is 49.9 Å². The van der Waals surface area contributed by atoms with Gasteiger partial charge in [0.25, 0.3) is 0 Å². The monoisotopic (exact) mass is 345 g/mol. The molecular formula is C19H24FN3O2. The van der Waals surface area contributed by atoms with Crippen molar-refractivity contribution in [1.29, 1.82) is 0 Å². The van der Waals surface area contributed by atoms with E-state index >= 15 is 0 Å². The predicted molar refractivity (Wildman–Crippen MR) is 92.4 cm³/mol. The largest absolute Gasteiger partial charge is 0.342 e. The lowest BCUT2D eigenvalue weighted by Crippen LogP contribution is -2.57. The Bertz CT molecular complexity index is 662. The van der Waals surface area contributed by atoms with Gasteiger partial charge >= 0.3 is 0 Å². The van der Waals surface area contributed by atoms with E-state index < -0.39 is 5.54 Å². The van der Waals surface area contributed by atoms with Gasteiger partial charge in [-0.15, -0.1) is 0 Å². The van der Waals surface area contributed by atoms with E-state index in [1.54, 1.807) is 12.1 Å². The lowest BCUT2D eigenvalue weighted by atomic mass is 9.85. The molecule has 134 valence electrons. The summed E-state index contributed by atoms with van der Waals surface area (Å²) in [5.41, 5.74) is 0.222. The zero-order valence-corrected chi connectivity index (χ0v) is 14.3. The van der Waals surface area contributed by atoms with E-state index in [0.29, 0.717) is 32.6 Å². The molecule has 1 aliphatic carbocycles. The molecular weight excluding hydrogens is 321 g/mol. The van der Waals surface area contributed by atoms with Gasteiger partial charge in [0.05, 0.1) is 6.67 Å². The third-order valence-electron chi connectivity index (χ3n) is 6.08. The first-order valence-corrected chi connectivity index (χ1v) is 9.20. The highest BCUT2D eigenvalue weighted by Gasteiger charge is 2.51. The van der Waals surface area contributed by atoms with Crippen LogP contribution in [0.5, 0.6) is 0 Å². The first kappa shape index (κ1) is 16.4. The van der Waals surface area contributed by atoms with E-state index in [1.807, 2.05) is 9.80 Å². The fourth-order valence-corrected chi connectivity index (χ4v) is 4.57. The van der Waals surface area contributed by atoms with Crippen molar-refractivity contribution in [2.75, 3.05) is 24.7 Å². The second-order valence-corrected chi connectivity index (χ2v) is 7.41. The van der Waals surface area contributed by atoms with Crippen LogP contribution in [0.15, 0.2) is 24.3 Å². The smallest absolute Gasteiger partial charge is 0.247 e. The Morgan fingerprint density at radius 1 is 1.12 bits per heavy atom. The van der Waals surface area contributed by atoms with Gasteiger partial charge in [-0.1, -0.05) is 12.8 Å². The van der Waals surface area contributed by atoms with Gasteiger partial charge in [-0.3, -0.25) is 9.59 Å². The first-order chi connectivity index (χ1) is 12.1. The molecule has 1 aromatic carbocycles. The summed E-state index contributed by atoms with van der Waals surface area (Å²) in [5.74, 6) is 0.178. The molecule has 2 aliphatic heterocycles. The number of rotatable bonds is 2. The van der Waals surface area contributed by atoms with Gasteiger partial charge < -0.3 is 15.1 Å². The molecule has 0 unspecified atom stereocenters. The highest BCUT2D eigenvalue weighted by molar-refractivity contribution is 5.93. The minimum absolute atomic E-state index is 0.0183. The number of anilines is 1. The summed E-state index contributed by atoms with van der Waals surface area (Å²) in [6.45, 7) is 1.65. The standard InChI is InChI=1S/C19H24FN3O2/c20-15-5-7-16(8-6-15)23-13-21-18(25)19(23)9-11-22(12-10-19)17(24)14-3-1-2-4-14/h5-8,14H,1-4,9-13H2,(H,21,25). The summed E-state index contributed by atoms with van der Waals surface area (Å²) in [5, 5.41) is 2.93. The summed E-state index contributed by atoms with van der Waals surface area (Å²) < 4.78 is 13.2. The molecule has 1 saturated carbocycles. The van der Waals surface area contributed by atoms with Crippen LogP contribution in [0.4, 0.5) is 10.1 Å². The van der Waals surface area contributed by atoms with Crippen LogP contribution in [0.25, 0.3) is 0 Å². The molecule has 2 saturated heterocycles. The van der Waals surface area contributed by atoms with Crippen LogP contribution in [-0.2, 0) is 9.59 Å². The lowest BCUT2D eigenvalue weighted by molar-refractivity contribution is -0.138. The molecule has 2 amide bonds. The average Bonchev–Trinajstić information content (AvgIpc) is 3.26. The highest BCUT2D eigenvalue weighted by atomic mass is 19.1. The summed E-state index contributed by atoms with van der Waals surface area (Å²) in [7, 11) is 0. The molecule has 25 heavy (non-hydrogen) atoms. The fourth-order valence-electron chi connectivity index (χ4n) is 4.57. The normalized spacial score (nSPS) is 23.3. The van der Waals surface area contributed by atoms with Gasteiger partial charge in [0.1, 0.15) is 11.4 Å². The molecule has 1 aromatic rings. The first-order valence-electron chi connectivity index (χ1n) is 9.20. The Balaban J connectivity index is 1.50. The summed E-state index contributed by atoms with van der Waals surface area (Å²) in [6, 6.07) is 6.27. The van der Waals surface area contributed by atoms with Crippen molar-refractivity contribution < 1.29 is 14.0 Å². The number of carbonyl (C=O) groups is 2. The average molecular weight is 345 g/mol. The van der Waals surface area contributed by atoms with Crippen molar-refractivity contribution >= 4 is 17.5 Å². The zero-order chi connectivity index (χ0) is 17.4. The van der Waals surface area contributed by atoms with E-state index in [2.05, 4.69) is 5.32 Å². The maximum absolute atomic E-state index is 13.2. The molecule has 1 N–H and O–H groups in total. The molecule has 1 spiro atoms. The molecule has 0 bridgehead atoms. The third kappa shape index (κ3) is 2.77.